The molecule has 0 saturated heterocycles. The van der Waals surface area contributed by atoms with Crippen LogP contribution in [0.25, 0.3) is 10.9 Å². The van der Waals surface area contributed by atoms with Crippen molar-refractivity contribution in [3.8, 4) is 5.88 Å². The minimum atomic E-state index is 0.667. The van der Waals surface area contributed by atoms with Crippen molar-refractivity contribution in [1.29, 1.82) is 0 Å². The Hall–Kier alpha value is -1.57. The van der Waals surface area contributed by atoms with Crippen molar-refractivity contribution in [1.82, 2.24) is 4.98 Å². The predicted octanol–water partition coefficient (Wildman–Crippen LogP) is 2.86. The van der Waals surface area contributed by atoms with Gasteiger partial charge >= 0.3 is 0 Å². The van der Waals surface area contributed by atoms with E-state index in [1.807, 2.05) is 12.1 Å². The highest BCUT2D eigenvalue weighted by atomic mass is 16.5. The molecule has 0 aliphatic carbocycles. The van der Waals surface area contributed by atoms with Gasteiger partial charge in [0.15, 0.2) is 0 Å². The van der Waals surface area contributed by atoms with Gasteiger partial charge in [-0.05, 0) is 43.2 Å². The molecular formula is C12H13NO. The monoisotopic (exact) mass is 187 g/mol. The Morgan fingerprint density at radius 3 is 2.50 bits per heavy atom. The molecule has 0 N–H and O–H groups in total. The highest BCUT2D eigenvalue weighted by Gasteiger charge is 2.00. The number of methoxy groups -OCH3 is 1. The Morgan fingerprint density at radius 2 is 1.79 bits per heavy atom. The lowest BCUT2D eigenvalue weighted by atomic mass is 10.1. The van der Waals surface area contributed by atoms with Crippen molar-refractivity contribution < 1.29 is 4.74 Å². The fraction of sp³-hybridized carbons (Fsp3) is 0.250. The molecule has 0 saturated carbocycles. The van der Waals surface area contributed by atoms with Gasteiger partial charge in [-0.2, -0.15) is 0 Å². The molecule has 0 fully saturated rings. The van der Waals surface area contributed by atoms with E-state index in [1.54, 1.807) is 7.11 Å². The Labute approximate surface area is 83.5 Å². The lowest BCUT2D eigenvalue weighted by Crippen LogP contribution is -1.89. The fourth-order valence-electron chi connectivity index (χ4n) is 1.48. The number of nitrogens with zero attached hydrogens (tertiary/aromatic N) is 1. The summed E-state index contributed by atoms with van der Waals surface area (Å²) in [6, 6.07) is 8.16. The molecule has 0 aliphatic heterocycles. The van der Waals surface area contributed by atoms with Crippen molar-refractivity contribution in [2.75, 3.05) is 7.11 Å². The van der Waals surface area contributed by atoms with Crippen LogP contribution in [-0.4, -0.2) is 12.1 Å². The number of aryl methyl sites for hydroxylation is 2. The summed E-state index contributed by atoms with van der Waals surface area (Å²) in [4.78, 5) is 4.37. The van der Waals surface area contributed by atoms with Crippen molar-refractivity contribution in [3.05, 3.63) is 35.4 Å². The second kappa shape index (κ2) is 3.29. The van der Waals surface area contributed by atoms with E-state index in [-0.39, 0.29) is 0 Å². The van der Waals surface area contributed by atoms with Gasteiger partial charge in [-0.1, -0.05) is 0 Å². The molecule has 0 radical (unpaired) electrons. The van der Waals surface area contributed by atoms with Crippen LogP contribution >= 0.6 is 0 Å². The number of aromatic nitrogens is 1. The van der Waals surface area contributed by atoms with E-state index in [4.69, 9.17) is 4.74 Å². The lowest BCUT2D eigenvalue weighted by molar-refractivity contribution is 0.399. The van der Waals surface area contributed by atoms with Crippen LogP contribution in [0, 0.1) is 13.8 Å². The van der Waals surface area contributed by atoms with Crippen LogP contribution in [-0.2, 0) is 0 Å². The summed E-state index contributed by atoms with van der Waals surface area (Å²) in [6.07, 6.45) is 0. The van der Waals surface area contributed by atoms with Crippen LogP contribution in [0.2, 0.25) is 0 Å². The van der Waals surface area contributed by atoms with Gasteiger partial charge in [0, 0.05) is 11.5 Å². The number of benzene rings is 1. The Kier molecular flexibility index (Phi) is 2.12. The van der Waals surface area contributed by atoms with Crippen LogP contribution in [0.3, 0.4) is 0 Å². The van der Waals surface area contributed by atoms with Crippen molar-refractivity contribution in [2.24, 2.45) is 0 Å². The minimum Gasteiger partial charge on any atom is -0.481 e. The molecule has 2 aromatic rings. The molecule has 2 rings (SSSR count). The number of hydrogen-bond acceptors (Lipinski definition) is 2. The average molecular weight is 187 g/mol. The molecule has 1 aromatic heterocycles. The molecule has 1 aromatic carbocycles. The molecule has 2 heteroatoms. The third-order valence-corrected chi connectivity index (χ3v) is 2.49. The fourth-order valence-corrected chi connectivity index (χ4v) is 1.48. The zero-order valence-electron chi connectivity index (χ0n) is 8.66. The molecule has 0 aliphatic rings. The molecule has 72 valence electrons. The summed E-state index contributed by atoms with van der Waals surface area (Å²) >= 11 is 0. The van der Waals surface area contributed by atoms with Crippen LogP contribution in [0.15, 0.2) is 24.3 Å². The third kappa shape index (κ3) is 1.43. The third-order valence-electron chi connectivity index (χ3n) is 2.49. The first kappa shape index (κ1) is 9.00. The molecule has 2 nitrogen and oxygen atoms in total. The normalized spacial score (nSPS) is 10.5. The van der Waals surface area contributed by atoms with Gasteiger partial charge in [-0.3, -0.25) is 0 Å². The van der Waals surface area contributed by atoms with E-state index >= 15 is 0 Å². The summed E-state index contributed by atoms with van der Waals surface area (Å²) in [5.74, 6) is 0.667. The number of hydrogen-bond donors (Lipinski definition) is 0. The van der Waals surface area contributed by atoms with Gasteiger partial charge < -0.3 is 4.74 Å². The van der Waals surface area contributed by atoms with Gasteiger partial charge in [0.05, 0.1) is 12.6 Å². The van der Waals surface area contributed by atoms with Crippen LogP contribution in [0.1, 0.15) is 11.1 Å². The largest absolute Gasteiger partial charge is 0.481 e. The van der Waals surface area contributed by atoms with Gasteiger partial charge in [-0.25, -0.2) is 4.98 Å². The van der Waals surface area contributed by atoms with E-state index in [9.17, 15) is 0 Å². The summed E-state index contributed by atoms with van der Waals surface area (Å²) < 4.78 is 5.08. The van der Waals surface area contributed by atoms with Crippen molar-refractivity contribution in [3.63, 3.8) is 0 Å². The Bertz CT molecular complexity index is 477. The maximum Gasteiger partial charge on any atom is 0.213 e. The molecule has 0 bridgehead atoms. The quantitative estimate of drug-likeness (QED) is 0.684. The average Bonchev–Trinajstić information content (AvgIpc) is 2.19. The first-order chi connectivity index (χ1) is 6.70. The van der Waals surface area contributed by atoms with Crippen LogP contribution in [0.4, 0.5) is 0 Å². The molecule has 0 spiro atoms. The van der Waals surface area contributed by atoms with Gasteiger partial charge in [0.2, 0.25) is 5.88 Å². The van der Waals surface area contributed by atoms with Crippen LogP contribution in [0.5, 0.6) is 5.88 Å². The number of fused-ring (bicyclic) bond motifs is 1. The van der Waals surface area contributed by atoms with Gasteiger partial charge in [-0.15, -0.1) is 0 Å². The second-order valence-electron chi connectivity index (χ2n) is 3.48. The van der Waals surface area contributed by atoms with E-state index in [0.717, 1.165) is 10.9 Å². The SMILES string of the molecule is COc1ccc2cc(C)c(C)cc2n1. The van der Waals surface area contributed by atoms with Gasteiger partial charge in [0.25, 0.3) is 0 Å². The summed E-state index contributed by atoms with van der Waals surface area (Å²) in [7, 11) is 1.63. The number of rotatable bonds is 1. The lowest BCUT2D eigenvalue weighted by Gasteiger charge is -2.04. The first-order valence-corrected chi connectivity index (χ1v) is 4.62. The zero-order valence-corrected chi connectivity index (χ0v) is 8.66. The van der Waals surface area contributed by atoms with E-state index in [1.165, 1.54) is 11.1 Å². The molecule has 1 heterocycles. The maximum atomic E-state index is 5.08. The van der Waals surface area contributed by atoms with E-state index in [2.05, 4.69) is 31.0 Å². The molecule has 0 unspecified atom stereocenters. The summed E-state index contributed by atoms with van der Waals surface area (Å²) in [5.41, 5.74) is 3.55. The zero-order chi connectivity index (χ0) is 10.1. The first-order valence-electron chi connectivity index (χ1n) is 4.62. The topological polar surface area (TPSA) is 22.1 Å². The predicted molar refractivity (Wildman–Crippen MR) is 57.8 cm³/mol. The van der Waals surface area contributed by atoms with Crippen LogP contribution < -0.4 is 4.74 Å². The van der Waals surface area contributed by atoms with Gasteiger partial charge in [0.1, 0.15) is 0 Å². The summed E-state index contributed by atoms with van der Waals surface area (Å²) in [6.45, 7) is 4.20. The molecule has 0 amide bonds. The standard InChI is InChI=1S/C12H13NO/c1-8-6-10-4-5-12(14-3)13-11(10)7-9(8)2/h4-7H,1-3H3. The highest BCUT2D eigenvalue weighted by molar-refractivity contribution is 5.80. The van der Waals surface area contributed by atoms with E-state index < -0.39 is 0 Å². The number of pyridine rings is 1. The summed E-state index contributed by atoms with van der Waals surface area (Å²) in [5, 5.41) is 1.16. The minimum absolute atomic E-state index is 0.667. The smallest absolute Gasteiger partial charge is 0.213 e. The Balaban J connectivity index is 2.70. The van der Waals surface area contributed by atoms with Crippen molar-refractivity contribution in [2.45, 2.75) is 13.8 Å². The Morgan fingerprint density at radius 1 is 1.07 bits per heavy atom. The van der Waals surface area contributed by atoms with E-state index in [0.29, 0.717) is 5.88 Å². The molecule has 14 heavy (non-hydrogen) atoms. The van der Waals surface area contributed by atoms with Crippen molar-refractivity contribution >= 4 is 10.9 Å². The molecular weight excluding hydrogens is 174 g/mol. The maximum absolute atomic E-state index is 5.08. The number of ether oxygens (including phenoxy) is 1. The molecule has 0 atom stereocenters. The highest BCUT2D eigenvalue weighted by Crippen LogP contribution is 2.20. The second-order valence-corrected chi connectivity index (χ2v) is 3.48.